The molecular weight excluding hydrogens is 520 g/mol. The number of aryl methyl sites for hydroxylation is 1. The van der Waals surface area contributed by atoms with E-state index in [-0.39, 0.29) is 5.71 Å². The number of nitrogens with zero attached hydrogens (tertiary/aromatic N) is 5. The molecule has 1 aliphatic heterocycles. The largest absolute Gasteiger partial charge is 0.478 e. The molecule has 0 bridgehead atoms. The first-order valence-corrected chi connectivity index (χ1v) is 11.7. The quantitative estimate of drug-likeness (QED) is 0.383. The van der Waals surface area contributed by atoms with Crippen molar-refractivity contribution in [1.82, 2.24) is 24.1 Å². The molecule has 3 aromatic heterocycles. The van der Waals surface area contributed by atoms with Crippen LogP contribution in [0, 0.1) is 0 Å². The third-order valence-corrected chi connectivity index (χ3v) is 6.09. The van der Waals surface area contributed by atoms with Crippen LogP contribution in [0.5, 0.6) is 5.88 Å². The van der Waals surface area contributed by atoms with Crippen LogP contribution in [0.2, 0.25) is 5.15 Å². The maximum absolute atomic E-state index is 14.7. The molecule has 8 nitrogen and oxygen atoms in total. The number of rotatable bonds is 5. The van der Waals surface area contributed by atoms with Gasteiger partial charge in [0.2, 0.25) is 0 Å². The van der Waals surface area contributed by atoms with Gasteiger partial charge in [-0.05, 0) is 6.07 Å². The van der Waals surface area contributed by atoms with Crippen molar-refractivity contribution in [3.8, 4) is 5.88 Å². The second-order valence-electron chi connectivity index (χ2n) is 5.84. The van der Waals surface area contributed by atoms with Crippen molar-refractivity contribution < 1.29 is 9.13 Å². The number of anilines is 1. The van der Waals surface area contributed by atoms with Gasteiger partial charge in [-0.2, -0.15) is 0 Å². The molecule has 12 heteroatoms. The zero-order chi connectivity index (χ0) is 19.8. The second kappa shape index (κ2) is 7.79. The highest BCUT2D eigenvalue weighted by molar-refractivity contribution is 14.2. The van der Waals surface area contributed by atoms with Gasteiger partial charge in [0.15, 0.2) is 17.3 Å². The van der Waals surface area contributed by atoms with Crippen molar-refractivity contribution in [2.75, 3.05) is 12.4 Å². The predicted molar refractivity (Wildman–Crippen MR) is 118 cm³/mol. The Morgan fingerprint density at radius 2 is 2.25 bits per heavy atom. The molecule has 0 saturated heterocycles. The molecule has 0 aromatic carbocycles. The Bertz CT molecular complexity index is 1110. The Balaban J connectivity index is 1.75. The second-order valence-corrected chi connectivity index (χ2v) is 7.92. The first-order chi connectivity index (χ1) is 13.5. The van der Waals surface area contributed by atoms with Crippen LogP contribution in [-0.4, -0.2) is 37.8 Å². The summed E-state index contributed by atoms with van der Waals surface area (Å²) >= 11 is 8.39. The van der Waals surface area contributed by atoms with Crippen molar-refractivity contribution in [1.29, 1.82) is 0 Å². The van der Waals surface area contributed by atoms with E-state index in [1.54, 1.807) is 36.4 Å². The molecule has 1 unspecified atom stereocenters. The highest BCUT2D eigenvalue weighted by Gasteiger charge is 2.24. The number of aromatic nitrogens is 4. The monoisotopic (exact) mass is 533 g/mol. The molecule has 1 atom stereocenters. The lowest BCUT2D eigenvalue weighted by molar-refractivity contribution is 0.392. The Hall–Kier alpha value is -1.99. The molecule has 1 aliphatic rings. The van der Waals surface area contributed by atoms with Crippen LogP contribution in [0.1, 0.15) is 5.56 Å². The van der Waals surface area contributed by atoms with Gasteiger partial charge >= 0.3 is 0 Å². The number of pyridine rings is 1. The average Bonchev–Trinajstić information content (AvgIpc) is 3.24. The van der Waals surface area contributed by atoms with Crippen LogP contribution in [0.4, 0.5) is 10.1 Å². The fraction of sp³-hybridized carbons (Fsp3) is 0.188. The minimum atomic E-state index is -0.601. The highest BCUT2D eigenvalue weighted by Crippen LogP contribution is 2.34. The van der Waals surface area contributed by atoms with Crippen LogP contribution in [0.25, 0.3) is 10.9 Å². The van der Waals surface area contributed by atoms with Crippen molar-refractivity contribution in [3.63, 3.8) is 0 Å². The van der Waals surface area contributed by atoms with Crippen LogP contribution >= 0.6 is 41.9 Å². The SMILES string of the molecule is COc1nn(C)cc1NC1N=C(c2cn(SI)c3c(Cl)nccc23)C(F)=CN1. The number of ether oxygens (including phenoxy) is 1. The topological polar surface area (TPSA) is 81.3 Å². The van der Waals surface area contributed by atoms with E-state index in [4.69, 9.17) is 16.3 Å². The van der Waals surface area contributed by atoms with Crippen molar-refractivity contribution >= 4 is 64.2 Å². The van der Waals surface area contributed by atoms with Gasteiger partial charge in [0, 0.05) is 66.9 Å². The highest BCUT2D eigenvalue weighted by atomic mass is 127. The van der Waals surface area contributed by atoms with E-state index in [0.29, 0.717) is 27.8 Å². The van der Waals surface area contributed by atoms with Gasteiger partial charge in [-0.15, -0.1) is 5.10 Å². The average molecular weight is 534 g/mol. The normalized spacial score (nSPS) is 16.5. The number of aliphatic imine (C=N–C) groups is 1. The lowest BCUT2D eigenvalue weighted by Crippen LogP contribution is -2.35. The van der Waals surface area contributed by atoms with Gasteiger partial charge < -0.3 is 15.4 Å². The summed E-state index contributed by atoms with van der Waals surface area (Å²) < 4.78 is 23.4. The maximum Gasteiger partial charge on any atom is 0.256 e. The first-order valence-electron chi connectivity index (χ1n) is 8.01. The molecule has 0 saturated carbocycles. The lowest BCUT2D eigenvalue weighted by atomic mass is 10.1. The molecule has 0 aliphatic carbocycles. The van der Waals surface area contributed by atoms with Gasteiger partial charge in [-0.1, -0.05) is 11.6 Å². The fourth-order valence-corrected chi connectivity index (χ4v) is 4.57. The number of halogens is 3. The molecule has 2 N–H and O–H groups in total. The summed E-state index contributed by atoms with van der Waals surface area (Å²) in [5, 5.41) is 11.3. The Labute approximate surface area is 180 Å². The Kier molecular flexibility index (Phi) is 5.38. The summed E-state index contributed by atoms with van der Waals surface area (Å²) in [6.07, 6.45) is 5.83. The van der Waals surface area contributed by atoms with Gasteiger partial charge in [-0.25, -0.2) is 14.4 Å². The van der Waals surface area contributed by atoms with E-state index < -0.39 is 12.1 Å². The first kappa shape index (κ1) is 19.3. The van der Waals surface area contributed by atoms with Crippen molar-refractivity contribution in [2.24, 2.45) is 12.0 Å². The van der Waals surface area contributed by atoms with Gasteiger partial charge in [0.05, 0.1) is 18.8 Å². The molecule has 146 valence electrons. The van der Waals surface area contributed by atoms with Crippen LogP contribution in [0.15, 0.2) is 41.7 Å². The van der Waals surface area contributed by atoms with E-state index in [9.17, 15) is 4.39 Å². The van der Waals surface area contributed by atoms with Crippen LogP contribution in [-0.2, 0) is 7.05 Å². The number of hydrogen-bond donors (Lipinski definition) is 2. The summed E-state index contributed by atoms with van der Waals surface area (Å²) in [4.78, 5) is 8.63. The number of allylic oxidation sites excluding steroid dienone is 1. The summed E-state index contributed by atoms with van der Waals surface area (Å²) in [5.74, 6) is -0.0477. The predicted octanol–water partition coefficient (Wildman–Crippen LogP) is 3.88. The molecule has 3 aromatic rings. The van der Waals surface area contributed by atoms with E-state index in [2.05, 4.69) is 46.9 Å². The van der Waals surface area contributed by atoms with E-state index >= 15 is 0 Å². The third-order valence-electron chi connectivity index (χ3n) is 4.10. The van der Waals surface area contributed by atoms with Crippen LogP contribution in [0.3, 0.4) is 0 Å². The molecule has 28 heavy (non-hydrogen) atoms. The molecule has 0 radical (unpaired) electrons. The number of methoxy groups -OCH3 is 1. The van der Waals surface area contributed by atoms with Gasteiger partial charge in [-0.3, -0.25) is 8.65 Å². The van der Waals surface area contributed by atoms with Gasteiger partial charge in [0.1, 0.15) is 11.4 Å². The number of nitrogens with one attached hydrogen (secondary N) is 2. The standard InChI is InChI=1S/C16H14ClFIN7OS/c1-25-7-11(15(24-25)27-2)22-16-21-5-10(18)12(23-16)9-6-26(28-19)13-8(9)3-4-20-14(13)17/h3-7,16,21-22H,1-2H3. The molecule has 4 heterocycles. The summed E-state index contributed by atoms with van der Waals surface area (Å²) in [5.41, 5.74) is 2.20. The Morgan fingerprint density at radius 1 is 1.43 bits per heavy atom. The third kappa shape index (κ3) is 3.42. The maximum atomic E-state index is 14.7. The summed E-state index contributed by atoms with van der Waals surface area (Å²) in [6, 6.07) is 1.80. The molecule has 0 fully saturated rings. The summed E-state index contributed by atoms with van der Waals surface area (Å²) in [6.45, 7) is 0. The van der Waals surface area contributed by atoms with E-state index in [0.717, 1.165) is 5.39 Å². The zero-order valence-electron chi connectivity index (χ0n) is 14.7. The zero-order valence-corrected chi connectivity index (χ0v) is 18.4. The molecule has 0 amide bonds. The number of hydrogen-bond acceptors (Lipinski definition) is 7. The van der Waals surface area contributed by atoms with E-state index in [1.165, 1.54) is 22.4 Å². The lowest BCUT2D eigenvalue weighted by Gasteiger charge is -2.21. The Morgan fingerprint density at radius 3 is 3.00 bits per heavy atom. The van der Waals surface area contributed by atoms with E-state index in [1.807, 2.05) is 3.97 Å². The number of fused-ring (bicyclic) bond motifs is 1. The smallest absolute Gasteiger partial charge is 0.256 e. The van der Waals surface area contributed by atoms with Crippen molar-refractivity contribution in [3.05, 3.63) is 47.4 Å². The molecule has 4 rings (SSSR count). The van der Waals surface area contributed by atoms with Crippen LogP contribution < -0.4 is 15.4 Å². The van der Waals surface area contributed by atoms with Crippen molar-refractivity contribution in [2.45, 2.75) is 6.29 Å². The molecular formula is C16H14ClFIN7OS. The minimum Gasteiger partial charge on any atom is -0.478 e. The summed E-state index contributed by atoms with van der Waals surface area (Å²) in [7, 11) is 4.73. The minimum absolute atomic E-state index is 0.218. The molecule has 0 spiro atoms. The van der Waals surface area contributed by atoms with Gasteiger partial charge in [0.25, 0.3) is 5.88 Å². The fourth-order valence-electron chi connectivity index (χ4n) is 2.94.